The molecule has 0 saturated carbocycles. The first kappa shape index (κ1) is 25.9. The lowest BCUT2D eigenvalue weighted by Crippen LogP contribution is -2.19. The van der Waals surface area contributed by atoms with Gasteiger partial charge in [-0.2, -0.15) is 0 Å². The van der Waals surface area contributed by atoms with Crippen LogP contribution in [0.25, 0.3) is 0 Å². The van der Waals surface area contributed by atoms with Gasteiger partial charge in [0.25, 0.3) is 9.05 Å². The van der Waals surface area contributed by atoms with E-state index in [-0.39, 0.29) is 0 Å². The van der Waals surface area contributed by atoms with Crippen LogP contribution in [0.15, 0.2) is 9.79 Å². The van der Waals surface area contributed by atoms with E-state index in [4.69, 9.17) is 0 Å². The molecule has 5 nitrogen and oxygen atoms in total. The second-order valence-electron chi connectivity index (χ2n) is 4.78. The van der Waals surface area contributed by atoms with Crippen molar-refractivity contribution in [1.29, 1.82) is 0 Å². The summed E-state index contributed by atoms with van der Waals surface area (Å²) >= 11 is 0. The van der Waals surface area contributed by atoms with Crippen molar-refractivity contribution in [2.45, 2.75) is 9.79 Å². The Morgan fingerprint density at radius 3 is 0.867 bits per heavy atom. The first-order valence-electron chi connectivity index (χ1n) is 6.35. The molecule has 0 fully saturated rings. The van der Waals surface area contributed by atoms with E-state index in [1.807, 2.05) is 0 Å². The van der Waals surface area contributed by atoms with Crippen LogP contribution in [0.4, 0.5) is 43.9 Å². The maximum atomic E-state index is 12.7. The van der Waals surface area contributed by atoms with Crippen LogP contribution >= 0.6 is 10.7 Å². The van der Waals surface area contributed by atoms with Gasteiger partial charge in [0.2, 0.25) is 21.7 Å². The number of hydrogen-bond donors (Lipinski definition) is 1. The third-order valence-electron chi connectivity index (χ3n) is 2.87. The van der Waals surface area contributed by atoms with Crippen LogP contribution in [-0.4, -0.2) is 16.8 Å². The average molecular weight is 514 g/mol. The maximum Gasteiger partial charge on any atom is 0.267 e. The molecule has 30 heavy (non-hydrogen) atoms. The molecule has 0 bridgehead atoms. The van der Waals surface area contributed by atoms with Crippen LogP contribution in [0.3, 0.4) is 0 Å². The highest BCUT2D eigenvalue weighted by molar-refractivity contribution is 8.13. The van der Waals surface area contributed by atoms with Crippen molar-refractivity contribution in [3.63, 3.8) is 0 Å². The second kappa shape index (κ2) is 8.56. The fourth-order valence-electron chi connectivity index (χ4n) is 1.63. The predicted octanol–water partition coefficient (Wildman–Crippen LogP) is 3.34. The molecule has 0 saturated heterocycles. The number of sulfonamides is 1. The van der Waals surface area contributed by atoms with E-state index in [1.165, 1.54) is 0 Å². The van der Waals surface area contributed by atoms with E-state index in [0.717, 1.165) is 0 Å². The summed E-state index contributed by atoms with van der Waals surface area (Å²) in [5.74, 6) is -24.3. The van der Waals surface area contributed by atoms with Crippen molar-refractivity contribution in [3.05, 3.63) is 58.2 Å². The molecule has 2 N–H and O–H groups in total. The number of benzene rings is 2. The smallest absolute Gasteiger partial charge is 0.224 e. The normalized spacial score (nSPS) is 11.9. The Morgan fingerprint density at radius 2 is 0.667 bits per heavy atom. The fraction of sp³-hybridized carbons (Fsp3) is 0. The summed E-state index contributed by atoms with van der Waals surface area (Å²) in [6, 6.07) is 0. The zero-order valence-corrected chi connectivity index (χ0v) is 15.6. The van der Waals surface area contributed by atoms with Gasteiger partial charge in [0.1, 0.15) is 0 Å². The van der Waals surface area contributed by atoms with Gasteiger partial charge in [0, 0.05) is 10.7 Å². The minimum atomic E-state index is -5.05. The number of primary sulfonamides is 1. The van der Waals surface area contributed by atoms with Crippen LogP contribution in [0.5, 0.6) is 0 Å². The van der Waals surface area contributed by atoms with Crippen molar-refractivity contribution in [3.8, 4) is 0 Å². The van der Waals surface area contributed by atoms with Crippen molar-refractivity contribution in [2.24, 2.45) is 5.14 Å². The third-order valence-corrected chi connectivity index (χ3v) is 5.10. The van der Waals surface area contributed by atoms with E-state index in [2.05, 4.69) is 15.8 Å². The molecule has 0 spiro atoms. The largest absolute Gasteiger partial charge is 0.267 e. The Morgan fingerprint density at radius 1 is 0.467 bits per heavy atom. The van der Waals surface area contributed by atoms with Gasteiger partial charge in [-0.25, -0.2) is 65.9 Å². The summed E-state index contributed by atoms with van der Waals surface area (Å²) in [6.45, 7) is 0. The van der Waals surface area contributed by atoms with Gasteiger partial charge in [-0.3, -0.25) is 0 Å². The van der Waals surface area contributed by atoms with Crippen LogP contribution in [0.1, 0.15) is 0 Å². The Hall–Kier alpha value is -2.11. The molecule has 168 valence electrons. The standard InChI is InChI=1S/C6ClF5O2S.C6H2F5NO2S/c7-15(13,14)6-4(11)2(9)1(8)3(10)5(6)12;7-1-2(8)4(10)6(15(12,13)14)5(11)3(1)9/h;(H2,12,13,14). The average Bonchev–Trinajstić information content (AvgIpc) is 2.60. The summed E-state index contributed by atoms with van der Waals surface area (Å²) in [5.41, 5.74) is 0. The number of hydrogen-bond acceptors (Lipinski definition) is 4. The molecule has 0 radical (unpaired) electrons. The van der Waals surface area contributed by atoms with Gasteiger partial charge >= 0.3 is 0 Å². The number of rotatable bonds is 2. The quantitative estimate of drug-likeness (QED) is 0.288. The Labute approximate surface area is 164 Å². The molecular weight excluding hydrogens is 512 g/mol. The topological polar surface area (TPSA) is 94.3 Å². The van der Waals surface area contributed by atoms with Crippen LogP contribution in [-0.2, 0) is 19.1 Å². The first-order chi connectivity index (χ1) is 13.4. The Balaban J connectivity index is 0.000000300. The Kier molecular flexibility index (Phi) is 7.40. The molecule has 0 atom stereocenters. The summed E-state index contributed by atoms with van der Waals surface area (Å²) in [4.78, 5) is -4.10. The minimum Gasteiger partial charge on any atom is -0.224 e. The highest BCUT2D eigenvalue weighted by atomic mass is 35.7. The van der Waals surface area contributed by atoms with Gasteiger partial charge < -0.3 is 0 Å². The van der Waals surface area contributed by atoms with Gasteiger partial charge in [0.05, 0.1) is 0 Å². The van der Waals surface area contributed by atoms with Crippen molar-refractivity contribution in [1.82, 2.24) is 0 Å². The third kappa shape index (κ3) is 4.79. The van der Waals surface area contributed by atoms with Crippen molar-refractivity contribution in [2.75, 3.05) is 0 Å². The van der Waals surface area contributed by atoms with E-state index in [9.17, 15) is 60.7 Å². The van der Waals surface area contributed by atoms with Gasteiger partial charge in [-0.05, 0) is 0 Å². The molecule has 0 aromatic heterocycles. The van der Waals surface area contributed by atoms with Gasteiger partial charge in [-0.15, -0.1) is 0 Å². The van der Waals surface area contributed by atoms with Gasteiger partial charge in [-0.1, -0.05) is 0 Å². The number of halogens is 11. The highest BCUT2D eigenvalue weighted by Crippen LogP contribution is 2.28. The molecule has 18 heteroatoms. The summed E-state index contributed by atoms with van der Waals surface area (Å²) in [5, 5.41) is 4.28. The van der Waals surface area contributed by atoms with Crippen molar-refractivity contribution < 1.29 is 60.7 Å². The lowest BCUT2D eigenvalue weighted by atomic mass is 10.3. The van der Waals surface area contributed by atoms with Gasteiger partial charge in [0.15, 0.2) is 56.3 Å². The zero-order valence-electron chi connectivity index (χ0n) is 13.2. The minimum absolute atomic E-state index is 2.04. The molecule has 0 aliphatic heterocycles. The van der Waals surface area contributed by atoms with Crippen molar-refractivity contribution >= 4 is 29.8 Å². The molecule has 0 amide bonds. The lowest BCUT2D eigenvalue weighted by molar-refractivity contribution is 0.357. The van der Waals surface area contributed by atoms with E-state index < -0.39 is 87.0 Å². The molecular formula is C12H2ClF10NO4S2. The number of nitrogens with two attached hydrogens (primary N) is 1. The predicted molar refractivity (Wildman–Crippen MR) is 76.9 cm³/mol. The Bertz CT molecular complexity index is 1100. The van der Waals surface area contributed by atoms with Crippen LogP contribution in [0, 0.1) is 58.2 Å². The first-order valence-corrected chi connectivity index (χ1v) is 10.2. The second-order valence-corrected chi connectivity index (χ2v) is 8.78. The monoisotopic (exact) mass is 513 g/mol. The molecule has 2 aromatic rings. The molecule has 0 aliphatic carbocycles. The fourth-order valence-corrected chi connectivity index (χ4v) is 3.33. The molecule has 0 heterocycles. The summed E-state index contributed by atoms with van der Waals surface area (Å²) < 4.78 is 168. The molecule has 2 aromatic carbocycles. The van der Waals surface area contributed by atoms with Crippen LogP contribution < -0.4 is 5.14 Å². The van der Waals surface area contributed by atoms with Crippen LogP contribution in [0.2, 0.25) is 0 Å². The molecule has 2 rings (SSSR count). The highest BCUT2D eigenvalue weighted by Gasteiger charge is 2.33. The van der Waals surface area contributed by atoms with E-state index >= 15 is 0 Å². The SMILES string of the molecule is NS(=O)(=O)c1c(F)c(F)c(F)c(F)c1F.O=S(=O)(Cl)c1c(F)c(F)c(F)c(F)c1F. The maximum absolute atomic E-state index is 12.7. The summed E-state index contributed by atoms with van der Waals surface area (Å²) in [7, 11) is -5.57. The molecule has 0 unspecified atom stereocenters. The zero-order chi connectivity index (χ0) is 23.9. The van der Waals surface area contributed by atoms with E-state index in [1.54, 1.807) is 0 Å². The molecule has 0 aliphatic rings. The van der Waals surface area contributed by atoms with E-state index in [0.29, 0.717) is 0 Å². The summed E-state index contributed by atoms with van der Waals surface area (Å²) in [6.07, 6.45) is 0. The lowest BCUT2D eigenvalue weighted by Gasteiger charge is -2.05.